The Kier molecular flexibility index (Phi) is 7.24. The second-order valence-electron chi connectivity index (χ2n) is 8.72. The number of anilines is 1. The molecule has 0 bridgehead atoms. The van der Waals surface area contributed by atoms with E-state index >= 15 is 0 Å². The minimum atomic E-state index is 0.0101. The molecule has 4 rings (SSSR count). The van der Waals surface area contributed by atoms with Crippen molar-refractivity contribution in [2.45, 2.75) is 40.2 Å². The third kappa shape index (κ3) is 5.17. The first kappa shape index (κ1) is 23.6. The molecule has 1 fully saturated rings. The number of rotatable bonds is 7. The normalized spacial score (nSPS) is 14.6. The molecule has 1 amide bonds. The van der Waals surface area contributed by atoms with Crippen LogP contribution in [0.4, 0.5) is 5.69 Å². The molecular formula is C25H33N5O2S. The number of carbonyl (C=O) groups excluding carboxylic acids is 1. The first-order valence-corrected chi connectivity index (χ1v) is 12.6. The quantitative estimate of drug-likeness (QED) is 0.566. The fourth-order valence-corrected chi connectivity index (χ4v) is 5.52. The number of methoxy groups -OCH3 is 1. The molecule has 0 radical (unpaired) electrons. The second kappa shape index (κ2) is 10.1. The number of amides is 1. The molecule has 3 heterocycles. The molecule has 3 aromatic rings. The molecule has 1 aliphatic heterocycles. The minimum Gasteiger partial charge on any atom is -0.479 e. The van der Waals surface area contributed by atoms with E-state index in [0.29, 0.717) is 18.7 Å². The molecule has 1 aliphatic rings. The molecule has 2 aromatic heterocycles. The average molecular weight is 468 g/mol. The topological polar surface area (TPSA) is 72.3 Å². The molecule has 0 saturated carbocycles. The second-order valence-corrected chi connectivity index (χ2v) is 9.94. The van der Waals surface area contributed by atoms with Gasteiger partial charge in [0.1, 0.15) is 0 Å². The number of pyridine rings is 1. The standard InChI is InChI=1S/C25H33N5O2S/c1-16-14-19(15-30-10-12-33-13-11-30)6-8-21(16)27-22(31)9-7-20-17(2)23-24(26-18(20)3)29(4)28-25(23)32-5/h6,8,14H,7,9-13,15H2,1-5H3,(H,27,31). The van der Waals surface area contributed by atoms with E-state index in [9.17, 15) is 4.79 Å². The van der Waals surface area contributed by atoms with Crippen LogP contribution in [-0.2, 0) is 24.8 Å². The number of hydrogen-bond donors (Lipinski definition) is 1. The van der Waals surface area contributed by atoms with Gasteiger partial charge in [-0.2, -0.15) is 11.8 Å². The van der Waals surface area contributed by atoms with Crippen LogP contribution >= 0.6 is 11.8 Å². The van der Waals surface area contributed by atoms with E-state index in [1.54, 1.807) is 11.8 Å². The van der Waals surface area contributed by atoms with Crippen LogP contribution in [0, 0.1) is 20.8 Å². The van der Waals surface area contributed by atoms with Crippen molar-refractivity contribution in [3.8, 4) is 5.88 Å². The monoisotopic (exact) mass is 467 g/mol. The van der Waals surface area contributed by atoms with Gasteiger partial charge in [0.2, 0.25) is 11.8 Å². The lowest BCUT2D eigenvalue weighted by Crippen LogP contribution is -2.31. The van der Waals surface area contributed by atoms with Gasteiger partial charge >= 0.3 is 0 Å². The fourth-order valence-electron chi connectivity index (χ4n) is 4.54. The smallest absolute Gasteiger partial charge is 0.242 e. The first-order chi connectivity index (χ1) is 15.9. The number of aromatic nitrogens is 3. The van der Waals surface area contributed by atoms with Crippen LogP contribution in [0.15, 0.2) is 18.2 Å². The summed E-state index contributed by atoms with van der Waals surface area (Å²) in [6.07, 6.45) is 1.01. The lowest BCUT2D eigenvalue weighted by molar-refractivity contribution is -0.116. The summed E-state index contributed by atoms with van der Waals surface area (Å²) in [5, 5.41) is 8.42. The Hall–Kier alpha value is -2.58. The van der Waals surface area contributed by atoms with Gasteiger partial charge in [-0.1, -0.05) is 12.1 Å². The number of ether oxygens (including phenoxy) is 1. The number of fused-ring (bicyclic) bond motifs is 1. The maximum absolute atomic E-state index is 12.8. The molecular weight excluding hydrogens is 434 g/mol. The summed E-state index contributed by atoms with van der Waals surface area (Å²) in [7, 11) is 3.48. The van der Waals surface area contributed by atoms with Gasteiger partial charge in [0.05, 0.1) is 12.5 Å². The van der Waals surface area contributed by atoms with Crippen molar-refractivity contribution in [3.63, 3.8) is 0 Å². The maximum atomic E-state index is 12.8. The highest BCUT2D eigenvalue weighted by Crippen LogP contribution is 2.30. The van der Waals surface area contributed by atoms with E-state index in [1.807, 2.05) is 31.8 Å². The van der Waals surface area contributed by atoms with Crippen LogP contribution in [0.5, 0.6) is 5.88 Å². The van der Waals surface area contributed by atoms with E-state index in [4.69, 9.17) is 9.72 Å². The Morgan fingerprint density at radius 3 is 2.67 bits per heavy atom. The summed E-state index contributed by atoms with van der Waals surface area (Å²) < 4.78 is 7.18. The Bertz CT molecular complexity index is 1170. The van der Waals surface area contributed by atoms with Crippen molar-refractivity contribution in [1.82, 2.24) is 19.7 Å². The van der Waals surface area contributed by atoms with E-state index in [1.165, 1.54) is 17.1 Å². The zero-order valence-corrected chi connectivity index (χ0v) is 21.0. The fraction of sp³-hybridized carbons (Fsp3) is 0.480. The number of nitrogens with zero attached hydrogens (tertiary/aromatic N) is 4. The van der Waals surface area contributed by atoms with Crippen molar-refractivity contribution in [3.05, 3.63) is 46.1 Å². The van der Waals surface area contributed by atoms with Gasteiger partial charge in [-0.3, -0.25) is 9.69 Å². The zero-order chi connectivity index (χ0) is 23.5. The third-order valence-electron chi connectivity index (χ3n) is 6.39. The average Bonchev–Trinajstić information content (AvgIpc) is 3.11. The highest BCUT2D eigenvalue weighted by molar-refractivity contribution is 7.99. The number of hydrogen-bond acceptors (Lipinski definition) is 6. The van der Waals surface area contributed by atoms with E-state index in [-0.39, 0.29) is 5.91 Å². The van der Waals surface area contributed by atoms with Crippen molar-refractivity contribution in [1.29, 1.82) is 0 Å². The first-order valence-electron chi connectivity index (χ1n) is 11.4. The largest absolute Gasteiger partial charge is 0.479 e. The van der Waals surface area contributed by atoms with Gasteiger partial charge in [-0.25, -0.2) is 9.67 Å². The summed E-state index contributed by atoms with van der Waals surface area (Å²) in [6.45, 7) is 9.37. The number of nitrogens with one attached hydrogen (secondary N) is 1. The highest BCUT2D eigenvalue weighted by atomic mass is 32.2. The summed E-state index contributed by atoms with van der Waals surface area (Å²) in [5.74, 6) is 3.00. The Morgan fingerprint density at radius 1 is 1.21 bits per heavy atom. The molecule has 8 heteroatoms. The summed E-state index contributed by atoms with van der Waals surface area (Å²) >= 11 is 2.03. The Balaban J connectivity index is 1.42. The molecule has 1 aromatic carbocycles. The van der Waals surface area contributed by atoms with Crippen LogP contribution in [0.2, 0.25) is 0 Å². The SMILES string of the molecule is COc1nn(C)c2nc(C)c(CCC(=O)Nc3ccc(CN4CCSCC4)cc3C)c(C)c12. The summed E-state index contributed by atoms with van der Waals surface area (Å²) in [4.78, 5) is 20.0. The third-order valence-corrected chi connectivity index (χ3v) is 7.34. The molecule has 33 heavy (non-hydrogen) atoms. The number of aryl methyl sites for hydroxylation is 4. The molecule has 0 aliphatic carbocycles. The van der Waals surface area contributed by atoms with Crippen LogP contribution in [-0.4, -0.2) is 57.3 Å². The molecule has 0 atom stereocenters. The molecule has 0 unspecified atom stereocenters. The number of carbonyl (C=O) groups is 1. The molecule has 1 saturated heterocycles. The van der Waals surface area contributed by atoms with Crippen LogP contribution in [0.1, 0.15) is 34.4 Å². The summed E-state index contributed by atoms with van der Waals surface area (Å²) in [6, 6.07) is 6.36. The molecule has 176 valence electrons. The lowest BCUT2D eigenvalue weighted by Gasteiger charge is -2.26. The Morgan fingerprint density at radius 2 is 1.97 bits per heavy atom. The van der Waals surface area contributed by atoms with Crippen LogP contribution in [0.25, 0.3) is 11.0 Å². The van der Waals surface area contributed by atoms with Crippen LogP contribution in [0.3, 0.4) is 0 Å². The number of thioether (sulfide) groups is 1. The molecule has 0 spiro atoms. The predicted molar refractivity (Wildman–Crippen MR) is 135 cm³/mol. The van der Waals surface area contributed by atoms with Gasteiger partial charge in [0.15, 0.2) is 5.65 Å². The highest BCUT2D eigenvalue weighted by Gasteiger charge is 2.19. The van der Waals surface area contributed by atoms with E-state index in [0.717, 1.165) is 58.7 Å². The van der Waals surface area contributed by atoms with Crippen molar-refractivity contribution in [2.24, 2.45) is 7.05 Å². The van der Waals surface area contributed by atoms with Gasteiger partial charge < -0.3 is 10.1 Å². The molecule has 7 nitrogen and oxygen atoms in total. The van der Waals surface area contributed by atoms with E-state index in [2.05, 4.69) is 41.3 Å². The predicted octanol–water partition coefficient (Wildman–Crippen LogP) is 4.02. The van der Waals surface area contributed by atoms with Crippen LogP contribution < -0.4 is 10.1 Å². The van der Waals surface area contributed by atoms with Crippen molar-refractivity contribution >= 4 is 34.4 Å². The van der Waals surface area contributed by atoms with E-state index < -0.39 is 0 Å². The van der Waals surface area contributed by atoms with Gasteiger partial charge in [-0.15, -0.1) is 5.10 Å². The van der Waals surface area contributed by atoms with Gasteiger partial charge in [-0.05, 0) is 55.5 Å². The lowest BCUT2D eigenvalue weighted by atomic mass is 10.00. The molecule has 1 N–H and O–H groups in total. The maximum Gasteiger partial charge on any atom is 0.242 e. The Labute approximate surface area is 199 Å². The van der Waals surface area contributed by atoms with Gasteiger partial charge in [0, 0.05) is 56.0 Å². The van der Waals surface area contributed by atoms with Crippen molar-refractivity contribution < 1.29 is 9.53 Å². The summed E-state index contributed by atoms with van der Waals surface area (Å²) in [5.41, 5.74) is 7.16. The number of benzene rings is 1. The van der Waals surface area contributed by atoms with Crippen molar-refractivity contribution in [2.75, 3.05) is 37.0 Å². The zero-order valence-electron chi connectivity index (χ0n) is 20.2. The van der Waals surface area contributed by atoms with Gasteiger partial charge in [0.25, 0.3) is 0 Å². The minimum absolute atomic E-state index is 0.0101.